The fraction of sp³-hybridized carbons (Fsp3) is 0.0476. The Morgan fingerprint density at radius 3 is 1.97 bits per heavy atom. The van der Waals surface area contributed by atoms with Gasteiger partial charge in [-0.3, -0.25) is 30.3 Å². The summed E-state index contributed by atoms with van der Waals surface area (Å²) in [5.41, 5.74) is 1.31. The van der Waals surface area contributed by atoms with Gasteiger partial charge in [-0.15, -0.1) is 0 Å². The van der Waals surface area contributed by atoms with Gasteiger partial charge in [0.1, 0.15) is 5.75 Å². The van der Waals surface area contributed by atoms with Crippen molar-refractivity contribution in [3.8, 4) is 16.9 Å². The Morgan fingerprint density at radius 2 is 1.39 bits per heavy atom. The van der Waals surface area contributed by atoms with Gasteiger partial charge in [-0.2, -0.15) is 0 Å². The molecule has 0 radical (unpaired) electrons. The second-order valence-electron chi connectivity index (χ2n) is 6.72. The summed E-state index contributed by atoms with van der Waals surface area (Å²) in [6.45, 7) is 0. The van der Waals surface area contributed by atoms with Gasteiger partial charge >= 0.3 is 0 Å². The van der Waals surface area contributed by atoms with E-state index < -0.39 is 26.1 Å². The molecule has 3 aromatic rings. The molecule has 1 aliphatic rings. The molecule has 31 heavy (non-hydrogen) atoms. The third-order valence-electron chi connectivity index (χ3n) is 5.00. The normalized spacial score (nSPS) is 12.9. The van der Waals surface area contributed by atoms with Crippen LogP contribution in [0, 0.1) is 30.3 Å². The third kappa shape index (κ3) is 3.35. The standard InChI is InChI=1S/C21H13N3O7/c1-31-15-5-2-12(3-6-15)8-17-18-9-13(22(25)26)4-7-16(18)21-19(17)10-14(23(27)28)11-20(21)24(29)30/h2-11H,1H3/b17-8-. The van der Waals surface area contributed by atoms with Gasteiger partial charge in [0.15, 0.2) is 0 Å². The number of hydrogen-bond donors (Lipinski definition) is 0. The minimum absolute atomic E-state index is 0.190. The third-order valence-corrected chi connectivity index (χ3v) is 5.00. The molecule has 0 aliphatic heterocycles. The molecule has 10 nitrogen and oxygen atoms in total. The molecule has 0 saturated heterocycles. The van der Waals surface area contributed by atoms with Crippen molar-refractivity contribution in [1.82, 2.24) is 0 Å². The zero-order valence-electron chi connectivity index (χ0n) is 16.0. The van der Waals surface area contributed by atoms with Gasteiger partial charge in [-0.1, -0.05) is 12.1 Å². The topological polar surface area (TPSA) is 139 Å². The fourth-order valence-corrected chi connectivity index (χ4v) is 3.61. The Morgan fingerprint density at radius 1 is 0.742 bits per heavy atom. The van der Waals surface area contributed by atoms with E-state index in [9.17, 15) is 30.3 Å². The Balaban J connectivity index is 2.04. The summed E-state index contributed by atoms with van der Waals surface area (Å²) in [4.78, 5) is 32.4. The molecular weight excluding hydrogens is 406 g/mol. The number of nitrogens with zero attached hydrogens (tertiary/aromatic N) is 3. The number of rotatable bonds is 5. The summed E-state index contributed by atoms with van der Waals surface area (Å²) in [6.07, 6.45) is 1.68. The van der Waals surface area contributed by atoms with Crippen molar-refractivity contribution in [1.29, 1.82) is 0 Å². The number of nitro groups is 3. The summed E-state index contributed by atoms with van der Waals surface area (Å²) in [5.74, 6) is 0.622. The number of ether oxygens (including phenoxy) is 1. The van der Waals surface area contributed by atoms with Crippen molar-refractivity contribution in [2.75, 3.05) is 7.11 Å². The smallest absolute Gasteiger partial charge is 0.284 e. The molecule has 154 valence electrons. The van der Waals surface area contributed by atoms with E-state index in [1.807, 2.05) is 0 Å². The van der Waals surface area contributed by atoms with Crippen molar-refractivity contribution in [3.05, 3.63) is 102 Å². The summed E-state index contributed by atoms with van der Waals surface area (Å²) < 4.78 is 5.13. The Bertz CT molecular complexity index is 1300. The van der Waals surface area contributed by atoms with E-state index >= 15 is 0 Å². The van der Waals surface area contributed by atoms with Gasteiger partial charge in [0, 0.05) is 23.8 Å². The molecule has 0 spiro atoms. The van der Waals surface area contributed by atoms with Crippen molar-refractivity contribution >= 4 is 28.7 Å². The zero-order valence-corrected chi connectivity index (χ0v) is 16.0. The van der Waals surface area contributed by atoms with Gasteiger partial charge in [0.2, 0.25) is 0 Å². The van der Waals surface area contributed by atoms with Gasteiger partial charge in [-0.25, -0.2) is 0 Å². The highest BCUT2D eigenvalue weighted by Gasteiger charge is 2.34. The molecule has 0 heterocycles. The van der Waals surface area contributed by atoms with Crippen LogP contribution in [-0.2, 0) is 0 Å². The van der Waals surface area contributed by atoms with Gasteiger partial charge in [0.25, 0.3) is 17.1 Å². The number of fused-ring (bicyclic) bond motifs is 3. The number of non-ortho nitro benzene ring substituents is 2. The maximum atomic E-state index is 11.7. The lowest BCUT2D eigenvalue weighted by Gasteiger charge is -2.05. The largest absolute Gasteiger partial charge is 0.497 e. The molecule has 0 fully saturated rings. The molecule has 0 saturated carbocycles. The summed E-state index contributed by atoms with van der Waals surface area (Å²) in [6, 6.07) is 13.1. The average Bonchev–Trinajstić information content (AvgIpc) is 3.06. The van der Waals surface area contributed by atoms with Crippen LogP contribution in [0.5, 0.6) is 5.75 Å². The molecule has 0 amide bonds. The maximum Gasteiger partial charge on any atom is 0.284 e. The van der Waals surface area contributed by atoms with Crippen LogP contribution in [0.25, 0.3) is 22.8 Å². The SMILES string of the molecule is COc1ccc(/C=C2/c3cc([N+](=O)[O-])ccc3-c3c2cc([N+](=O)[O-])cc3[N+](=O)[O-])cc1. The van der Waals surface area contributed by atoms with E-state index in [0.29, 0.717) is 28.0 Å². The summed E-state index contributed by atoms with van der Waals surface area (Å²) in [7, 11) is 1.52. The lowest BCUT2D eigenvalue weighted by molar-refractivity contribution is -0.393. The molecule has 0 atom stereocenters. The first-order valence-corrected chi connectivity index (χ1v) is 8.92. The van der Waals surface area contributed by atoms with Crippen molar-refractivity contribution in [3.63, 3.8) is 0 Å². The first-order valence-electron chi connectivity index (χ1n) is 8.92. The minimum Gasteiger partial charge on any atom is -0.497 e. The van der Waals surface area contributed by atoms with E-state index in [-0.39, 0.29) is 16.8 Å². The lowest BCUT2D eigenvalue weighted by Crippen LogP contribution is -1.96. The molecule has 3 aromatic carbocycles. The number of methoxy groups -OCH3 is 1. The highest BCUT2D eigenvalue weighted by atomic mass is 16.6. The van der Waals surface area contributed by atoms with E-state index in [1.54, 1.807) is 30.3 Å². The molecule has 0 N–H and O–H groups in total. The highest BCUT2D eigenvalue weighted by Crippen LogP contribution is 2.51. The fourth-order valence-electron chi connectivity index (χ4n) is 3.61. The maximum absolute atomic E-state index is 11.7. The van der Waals surface area contributed by atoms with Crippen LogP contribution in [-0.4, -0.2) is 21.9 Å². The molecule has 0 aromatic heterocycles. The monoisotopic (exact) mass is 419 g/mol. The van der Waals surface area contributed by atoms with Crippen molar-refractivity contribution in [2.24, 2.45) is 0 Å². The van der Waals surface area contributed by atoms with Crippen LogP contribution < -0.4 is 4.74 Å². The van der Waals surface area contributed by atoms with Crippen LogP contribution in [0.1, 0.15) is 16.7 Å². The molecule has 10 heteroatoms. The predicted octanol–water partition coefficient (Wildman–Crippen LogP) is 4.99. The van der Waals surface area contributed by atoms with E-state index in [1.165, 1.54) is 31.4 Å². The Hall–Kier alpha value is -4.60. The van der Waals surface area contributed by atoms with Crippen molar-refractivity contribution in [2.45, 2.75) is 0 Å². The van der Waals surface area contributed by atoms with E-state index in [0.717, 1.165) is 6.07 Å². The highest BCUT2D eigenvalue weighted by molar-refractivity contribution is 6.09. The van der Waals surface area contributed by atoms with Crippen LogP contribution in [0.2, 0.25) is 0 Å². The number of benzene rings is 3. The number of nitro benzene ring substituents is 3. The first-order chi connectivity index (χ1) is 14.8. The van der Waals surface area contributed by atoms with Gasteiger partial charge in [-0.05, 0) is 46.5 Å². The Kier molecular flexibility index (Phi) is 4.66. The first kappa shape index (κ1) is 19.7. The average molecular weight is 419 g/mol. The van der Waals surface area contributed by atoms with Crippen LogP contribution in [0.4, 0.5) is 17.1 Å². The minimum atomic E-state index is -0.705. The van der Waals surface area contributed by atoms with Gasteiger partial charge < -0.3 is 4.74 Å². The molecule has 1 aliphatic carbocycles. The molecule has 0 bridgehead atoms. The van der Waals surface area contributed by atoms with Crippen LogP contribution in [0.3, 0.4) is 0 Å². The second kappa shape index (κ2) is 7.34. The molecular formula is C21H13N3O7. The number of hydrogen-bond acceptors (Lipinski definition) is 7. The van der Waals surface area contributed by atoms with Gasteiger partial charge in [0.05, 0.1) is 33.5 Å². The lowest BCUT2D eigenvalue weighted by atomic mass is 10.00. The summed E-state index contributed by atoms with van der Waals surface area (Å²) in [5, 5.41) is 34.4. The molecule has 0 unspecified atom stereocenters. The zero-order chi connectivity index (χ0) is 22.3. The molecule has 4 rings (SSSR count). The van der Waals surface area contributed by atoms with E-state index in [4.69, 9.17) is 4.74 Å². The second-order valence-corrected chi connectivity index (χ2v) is 6.72. The van der Waals surface area contributed by atoms with Crippen molar-refractivity contribution < 1.29 is 19.5 Å². The van der Waals surface area contributed by atoms with Crippen LogP contribution in [0.15, 0.2) is 54.6 Å². The Labute approximate surface area is 174 Å². The quantitative estimate of drug-likeness (QED) is 0.328. The summed E-state index contributed by atoms with van der Waals surface area (Å²) >= 11 is 0. The van der Waals surface area contributed by atoms with Crippen LogP contribution >= 0.6 is 0 Å². The van der Waals surface area contributed by atoms with E-state index in [2.05, 4.69) is 0 Å². The predicted molar refractivity (Wildman–Crippen MR) is 112 cm³/mol.